The Morgan fingerprint density at radius 3 is 2.86 bits per heavy atom. The zero-order chi connectivity index (χ0) is 15.1. The first-order chi connectivity index (χ1) is 10.7. The van der Waals surface area contributed by atoms with Gasteiger partial charge in [0.05, 0.1) is 18.0 Å². The quantitative estimate of drug-likeness (QED) is 0.904. The Kier molecular flexibility index (Phi) is 3.28. The van der Waals surface area contributed by atoms with Gasteiger partial charge in [-0.15, -0.1) is 0 Å². The first-order valence-corrected chi connectivity index (χ1v) is 8.00. The lowest BCUT2D eigenvalue weighted by Crippen LogP contribution is -2.28. The molecule has 1 aliphatic heterocycles. The second kappa shape index (κ2) is 5.30. The lowest BCUT2D eigenvalue weighted by Gasteiger charge is -2.32. The molecule has 2 heterocycles. The van der Waals surface area contributed by atoms with Crippen LogP contribution in [0.3, 0.4) is 0 Å². The molecule has 22 heavy (non-hydrogen) atoms. The molecule has 2 aliphatic rings. The number of benzene rings is 1. The Bertz CT molecular complexity index is 680. The van der Waals surface area contributed by atoms with E-state index in [1.165, 1.54) is 6.42 Å². The molecule has 0 radical (unpaired) electrons. The normalized spacial score (nSPS) is 20.9. The molecule has 1 aromatic heterocycles. The summed E-state index contributed by atoms with van der Waals surface area (Å²) in [7, 11) is 0. The van der Waals surface area contributed by atoms with E-state index in [4.69, 9.17) is 4.74 Å². The molecular weight excluding hydrogens is 281 g/mol. The summed E-state index contributed by atoms with van der Waals surface area (Å²) in [4.78, 5) is 0. The smallest absolute Gasteiger partial charge is 0.147 e. The molecule has 0 bridgehead atoms. The third-order valence-corrected chi connectivity index (χ3v) is 4.69. The number of halogens is 1. The molecular formula is C17H20FN3O. The van der Waals surface area contributed by atoms with Gasteiger partial charge in [-0.3, -0.25) is 5.10 Å². The third-order valence-electron chi connectivity index (χ3n) is 4.69. The van der Waals surface area contributed by atoms with Gasteiger partial charge in [-0.2, -0.15) is 5.10 Å². The number of hydrogen-bond acceptors (Lipinski definition) is 3. The molecule has 1 aromatic carbocycles. The average molecular weight is 301 g/mol. The van der Waals surface area contributed by atoms with Gasteiger partial charge in [0, 0.05) is 28.9 Å². The highest BCUT2D eigenvalue weighted by Gasteiger charge is 2.28. The van der Waals surface area contributed by atoms with Crippen LogP contribution >= 0.6 is 0 Å². The number of aromatic nitrogens is 2. The minimum atomic E-state index is -0.210. The van der Waals surface area contributed by atoms with Gasteiger partial charge in [0.25, 0.3) is 0 Å². The van der Waals surface area contributed by atoms with Crippen molar-refractivity contribution >= 4 is 5.69 Å². The van der Waals surface area contributed by atoms with Gasteiger partial charge in [0.15, 0.2) is 0 Å². The number of ether oxygens (including phenoxy) is 1. The summed E-state index contributed by atoms with van der Waals surface area (Å²) in [6, 6.07) is 1.86. The molecule has 1 atom stereocenters. The van der Waals surface area contributed by atoms with E-state index in [9.17, 15) is 4.39 Å². The van der Waals surface area contributed by atoms with Crippen LogP contribution in [0.25, 0.3) is 11.1 Å². The minimum Gasteiger partial charge on any atom is -0.489 e. The van der Waals surface area contributed by atoms with Crippen LogP contribution in [0, 0.1) is 5.82 Å². The van der Waals surface area contributed by atoms with E-state index in [-0.39, 0.29) is 11.9 Å². The van der Waals surface area contributed by atoms with Crippen molar-refractivity contribution in [3.8, 4) is 16.9 Å². The van der Waals surface area contributed by atoms with E-state index in [1.807, 2.05) is 0 Å². The predicted octanol–water partition coefficient (Wildman–Crippen LogP) is 3.89. The van der Waals surface area contributed by atoms with Crippen LogP contribution < -0.4 is 10.1 Å². The van der Waals surface area contributed by atoms with E-state index in [2.05, 4.69) is 22.4 Å². The maximum absolute atomic E-state index is 14.6. The molecule has 0 spiro atoms. The third kappa shape index (κ3) is 2.25. The first-order valence-electron chi connectivity index (χ1n) is 8.00. The molecule has 4 rings (SSSR count). The van der Waals surface area contributed by atoms with Crippen LogP contribution in [0.2, 0.25) is 0 Å². The lowest BCUT2D eigenvalue weighted by atomic mass is 9.92. The van der Waals surface area contributed by atoms with Gasteiger partial charge in [-0.25, -0.2) is 4.39 Å². The van der Waals surface area contributed by atoms with Gasteiger partial charge < -0.3 is 10.1 Å². The lowest BCUT2D eigenvalue weighted by molar-refractivity contribution is 0.119. The fraction of sp³-hybridized carbons (Fsp3) is 0.471. The molecule has 1 saturated carbocycles. The molecule has 2 N–H and O–H groups in total. The molecule has 2 aromatic rings. The van der Waals surface area contributed by atoms with E-state index < -0.39 is 0 Å². The second-order valence-corrected chi connectivity index (χ2v) is 6.33. The minimum absolute atomic E-state index is 0.210. The first kappa shape index (κ1) is 13.6. The van der Waals surface area contributed by atoms with Crippen molar-refractivity contribution in [2.24, 2.45) is 0 Å². The van der Waals surface area contributed by atoms with Gasteiger partial charge in [0.1, 0.15) is 11.6 Å². The number of H-pyrrole nitrogens is 1. The zero-order valence-electron chi connectivity index (χ0n) is 12.7. The monoisotopic (exact) mass is 301 g/mol. The van der Waals surface area contributed by atoms with Crippen molar-refractivity contribution in [2.45, 2.75) is 51.2 Å². The topological polar surface area (TPSA) is 49.9 Å². The second-order valence-electron chi connectivity index (χ2n) is 6.33. The van der Waals surface area contributed by atoms with Crippen molar-refractivity contribution in [2.75, 3.05) is 5.32 Å². The van der Waals surface area contributed by atoms with E-state index >= 15 is 0 Å². The van der Waals surface area contributed by atoms with E-state index in [1.54, 1.807) is 18.5 Å². The summed E-state index contributed by atoms with van der Waals surface area (Å²) >= 11 is 0. The standard InChI is InChI=1S/C17H20FN3O/c1-10-5-6-13-16(21-10)15(18)7-14(11-8-19-20-9-11)17(13)22-12-3-2-4-12/h7-10,12,21H,2-6H2,1H3,(H,19,20)/t10-/m0/s1. The largest absolute Gasteiger partial charge is 0.489 e. The Morgan fingerprint density at radius 1 is 1.32 bits per heavy atom. The van der Waals surface area contributed by atoms with Crippen LogP contribution in [0.15, 0.2) is 18.5 Å². The summed E-state index contributed by atoms with van der Waals surface area (Å²) < 4.78 is 20.8. The number of aromatic amines is 1. The van der Waals surface area contributed by atoms with Crippen LogP contribution in [0.5, 0.6) is 5.75 Å². The Balaban J connectivity index is 1.84. The van der Waals surface area contributed by atoms with Crippen molar-refractivity contribution in [1.82, 2.24) is 10.2 Å². The van der Waals surface area contributed by atoms with Crippen LogP contribution in [0.1, 0.15) is 38.2 Å². The van der Waals surface area contributed by atoms with Gasteiger partial charge in [-0.05, 0) is 45.1 Å². The maximum atomic E-state index is 14.6. The van der Waals surface area contributed by atoms with Crippen molar-refractivity contribution in [1.29, 1.82) is 0 Å². The molecule has 0 amide bonds. The summed E-state index contributed by atoms with van der Waals surface area (Å²) in [6.07, 6.45) is 8.98. The Morgan fingerprint density at radius 2 is 2.18 bits per heavy atom. The Labute approximate surface area is 129 Å². The highest BCUT2D eigenvalue weighted by Crippen LogP contribution is 2.43. The number of nitrogens with zero attached hydrogens (tertiary/aromatic N) is 1. The fourth-order valence-electron chi connectivity index (χ4n) is 3.16. The average Bonchev–Trinajstić information content (AvgIpc) is 2.98. The van der Waals surface area contributed by atoms with E-state index in [0.717, 1.165) is 48.1 Å². The van der Waals surface area contributed by atoms with Gasteiger partial charge >= 0.3 is 0 Å². The number of anilines is 1. The predicted molar refractivity (Wildman–Crippen MR) is 83.7 cm³/mol. The Hall–Kier alpha value is -2.04. The van der Waals surface area contributed by atoms with Crippen LogP contribution in [0.4, 0.5) is 10.1 Å². The molecule has 5 heteroatoms. The van der Waals surface area contributed by atoms with Crippen LogP contribution in [-0.2, 0) is 6.42 Å². The van der Waals surface area contributed by atoms with Gasteiger partial charge in [-0.1, -0.05) is 0 Å². The zero-order valence-corrected chi connectivity index (χ0v) is 12.7. The summed E-state index contributed by atoms with van der Waals surface area (Å²) in [5, 5.41) is 10.1. The summed E-state index contributed by atoms with van der Waals surface area (Å²) in [6.45, 7) is 2.08. The molecule has 0 unspecified atom stereocenters. The SMILES string of the molecule is C[C@H]1CCc2c(c(F)cc(-c3cn[nH]c3)c2OC2CCC2)N1. The number of fused-ring (bicyclic) bond motifs is 1. The van der Waals surface area contributed by atoms with Gasteiger partial charge in [0.2, 0.25) is 0 Å². The number of nitrogens with one attached hydrogen (secondary N) is 2. The fourth-order valence-corrected chi connectivity index (χ4v) is 3.16. The highest BCUT2D eigenvalue weighted by atomic mass is 19.1. The molecule has 0 saturated heterocycles. The van der Waals surface area contributed by atoms with Crippen molar-refractivity contribution in [3.63, 3.8) is 0 Å². The molecule has 1 fully saturated rings. The van der Waals surface area contributed by atoms with Crippen molar-refractivity contribution in [3.05, 3.63) is 29.8 Å². The molecule has 1 aliphatic carbocycles. The van der Waals surface area contributed by atoms with Crippen LogP contribution in [-0.4, -0.2) is 22.3 Å². The van der Waals surface area contributed by atoms with E-state index in [0.29, 0.717) is 11.7 Å². The van der Waals surface area contributed by atoms with Crippen molar-refractivity contribution < 1.29 is 9.13 Å². The number of hydrogen-bond donors (Lipinski definition) is 2. The number of rotatable bonds is 3. The summed E-state index contributed by atoms with van der Waals surface area (Å²) in [5.74, 6) is 0.626. The molecule has 116 valence electrons. The highest BCUT2D eigenvalue weighted by molar-refractivity contribution is 5.77. The summed E-state index contributed by atoms with van der Waals surface area (Å²) in [5.41, 5.74) is 3.25. The maximum Gasteiger partial charge on any atom is 0.147 e. The molecule has 4 nitrogen and oxygen atoms in total.